The molecule has 0 radical (unpaired) electrons. The first-order valence-electron chi connectivity index (χ1n) is 11.2. The first-order valence-corrected chi connectivity index (χ1v) is 11.2. The highest BCUT2D eigenvalue weighted by atomic mass is 16.5. The molecule has 4 aromatic rings. The number of hydrogen-bond acceptors (Lipinski definition) is 8. The van der Waals surface area contributed by atoms with Crippen LogP contribution in [0.2, 0.25) is 0 Å². The molecule has 4 rings (SSSR count). The third kappa shape index (κ3) is 6.49. The summed E-state index contributed by atoms with van der Waals surface area (Å²) >= 11 is 0. The minimum Gasteiger partial charge on any atom is -0.493 e. The van der Waals surface area contributed by atoms with Gasteiger partial charge in [0.15, 0.2) is 5.52 Å². The van der Waals surface area contributed by atoms with E-state index in [1.165, 1.54) is 0 Å². The van der Waals surface area contributed by atoms with E-state index in [0.717, 1.165) is 12.0 Å². The molecule has 11 nitrogen and oxygen atoms in total. The van der Waals surface area contributed by atoms with E-state index in [1.807, 2.05) is 37.3 Å². The highest BCUT2D eigenvalue weighted by molar-refractivity contribution is 5.92. The van der Waals surface area contributed by atoms with Gasteiger partial charge in [0.1, 0.15) is 18.2 Å². The van der Waals surface area contributed by atoms with Gasteiger partial charge in [0.2, 0.25) is 11.6 Å². The molecule has 2 aromatic heterocycles. The molecule has 0 aliphatic heterocycles. The molecule has 2 aromatic carbocycles. The molecule has 0 saturated heterocycles. The normalized spacial score (nSPS) is 11.0. The van der Waals surface area contributed by atoms with Crippen molar-refractivity contribution in [2.45, 2.75) is 20.0 Å². The van der Waals surface area contributed by atoms with Crippen LogP contribution in [0.5, 0.6) is 5.75 Å². The van der Waals surface area contributed by atoms with Crippen LogP contribution in [0.4, 0.5) is 5.69 Å². The summed E-state index contributed by atoms with van der Waals surface area (Å²) in [4.78, 5) is 31.8. The van der Waals surface area contributed by atoms with Crippen molar-refractivity contribution in [2.24, 2.45) is 0 Å². The summed E-state index contributed by atoms with van der Waals surface area (Å²) in [5.41, 5.74) is 1.94. The number of benzene rings is 2. The third-order valence-corrected chi connectivity index (χ3v) is 4.89. The van der Waals surface area contributed by atoms with Crippen molar-refractivity contribution in [2.75, 3.05) is 31.7 Å². The molecule has 0 unspecified atom stereocenters. The molecule has 1 amide bonds. The van der Waals surface area contributed by atoms with Crippen molar-refractivity contribution in [3.8, 4) is 17.1 Å². The van der Waals surface area contributed by atoms with Gasteiger partial charge in [-0.3, -0.25) is 9.59 Å². The number of nitrogens with zero attached hydrogens (tertiary/aromatic N) is 3. The number of carbonyl (C=O) groups excluding carboxylic acids is 1. The summed E-state index contributed by atoms with van der Waals surface area (Å²) in [6.45, 7) is 3.50. The zero-order valence-electron chi connectivity index (χ0n) is 19.2. The fraction of sp³-hybridized carbons (Fsp3) is 0.292. The zero-order valence-corrected chi connectivity index (χ0v) is 19.2. The van der Waals surface area contributed by atoms with Crippen LogP contribution >= 0.6 is 0 Å². The van der Waals surface area contributed by atoms with E-state index in [-0.39, 0.29) is 36.1 Å². The predicted molar refractivity (Wildman–Crippen MR) is 129 cm³/mol. The van der Waals surface area contributed by atoms with Gasteiger partial charge in [-0.15, -0.1) is 10.2 Å². The molecule has 0 fully saturated rings. The Morgan fingerprint density at radius 2 is 1.86 bits per heavy atom. The third-order valence-electron chi connectivity index (χ3n) is 4.89. The molecule has 0 bridgehead atoms. The summed E-state index contributed by atoms with van der Waals surface area (Å²) < 4.78 is 16.8. The first-order chi connectivity index (χ1) is 17.1. The number of aromatic nitrogens is 5. The summed E-state index contributed by atoms with van der Waals surface area (Å²) in [6, 6.07) is 14.9. The number of aromatic amines is 2. The summed E-state index contributed by atoms with van der Waals surface area (Å²) in [6.07, 6.45) is 0.802. The average molecular weight is 479 g/mol. The van der Waals surface area contributed by atoms with Crippen LogP contribution < -0.4 is 15.6 Å². The van der Waals surface area contributed by atoms with E-state index in [2.05, 4.69) is 30.7 Å². The molecular formula is C24H26N6O5. The first kappa shape index (κ1) is 24.0. The lowest BCUT2D eigenvalue weighted by Crippen LogP contribution is -2.20. The Balaban J connectivity index is 1.36. The van der Waals surface area contributed by atoms with E-state index < -0.39 is 5.56 Å². The minimum absolute atomic E-state index is 0.110. The van der Waals surface area contributed by atoms with E-state index in [9.17, 15) is 9.59 Å². The maximum atomic E-state index is 12.4. The van der Waals surface area contributed by atoms with Gasteiger partial charge in [0, 0.05) is 5.69 Å². The van der Waals surface area contributed by atoms with Crippen LogP contribution in [0, 0.1) is 0 Å². The van der Waals surface area contributed by atoms with Gasteiger partial charge in [0.25, 0.3) is 5.56 Å². The molecule has 0 spiro atoms. The number of H-pyrrole nitrogens is 2. The van der Waals surface area contributed by atoms with Crippen LogP contribution in [0.15, 0.2) is 53.3 Å². The summed E-state index contributed by atoms with van der Waals surface area (Å²) in [5.74, 6) is 0.447. The lowest BCUT2D eigenvalue weighted by molar-refractivity contribution is -0.121. The van der Waals surface area contributed by atoms with E-state index >= 15 is 0 Å². The van der Waals surface area contributed by atoms with Gasteiger partial charge < -0.3 is 24.5 Å². The Morgan fingerprint density at radius 3 is 2.69 bits per heavy atom. The highest BCUT2D eigenvalue weighted by Crippen LogP contribution is 2.31. The SMILES string of the molecule is CCCOc1ccc(NC(=O)COCCOCc2ccccc2)cc1-c1nc2n[nH]nc2c(=O)[nH]1. The Hall–Kier alpha value is -4.09. The van der Waals surface area contributed by atoms with E-state index in [4.69, 9.17) is 14.2 Å². The Bertz CT molecular complexity index is 1320. The summed E-state index contributed by atoms with van der Waals surface area (Å²) in [7, 11) is 0. The lowest BCUT2D eigenvalue weighted by Gasteiger charge is -2.13. The average Bonchev–Trinajstić information content (AvgIpc) is 3.35. The van der Waals surface area contributed by atoms with Gasteiger partial charge in [-0.1, -0.05) is 37.3 Å². The lowest BCUT2D eigenvalue weighted by atomic mass is 10.1. The maximum Gasteiger partial charge on any atom is 0.281 e. The second-order valence-corrected chi connectivity index (χ2v) is 7.61. The molecule has 2 heterocycles. The van der Waals surface area contributed by atoms with Crippen molar-refractivity contribution in [1.82, 2.24) is 25.4 Å². The molecule has 182 valence electrons. The quantitative estimate of drug-likeness (QED) is 0.264. The van der Waals surface area contributed by atoms with Crippen molar-refractivity contribution in [3.05, 3.63) is 64.4 Å². The summed E-state index contributed by atoms with van der Waals surface area (Å²) in [5, 5.41) is 12.9. The molecule has 0 aliphatic carbocycles. The largest absolute Gasteiger partial charge is 0.493 e. The van der Waals surface area contributed by atoms with Crippen molar-refractivity contribution < 1.29 is 19.0 Å². The van der Waals surface area contributed by atoms with Crippen LogP contribution in [0.1, 0.15) is 18.9 Å². The second-order valence-electron chi connectivity index (χ2n) is 7.61. The number of ether oxygens (including phenoxy) is 3. The van der Waals surface area contributed by atoms with Crippen LogP contribution in [0.3, 0.4) is 0 Å². The number of fused-ring (bicyclic) bond motifs is 1. The predicted octanol–water partition coefficient (Wildman–Crippen LogP) is 2.67. The highest BCUT2D eigenvalue weighted by Gasteiger charge is 2.15. The number of nitrogens with one attached hydrogen (secondary N) is 3. The standard InChI is InChI=1S/C24H26N6O5/c1-2-10-35-19-9-8-17(13-18(19)22-26-23-21(24(32)27-22)28-30-29-23)25-20(31)15-34-12-11-33-14-16-6-4-3-5-7-16/h3-9,13H,2,10-12,14-15H2,1H3,(H,25,31)(H2,26,27,28,29,30,32). The van der Waals surface area contributed by atoms with Gasteiger partial charge in [-0.2, -0.15) is 5.21 Å². The van der Waals surface area contributed by atoms with Crippen molar-refractivity contribution in [1.29, 1.82) is 0 Å². The number of carbonyl (C=O) groups is 1. The van der Waals surface area contributed by atoms with Crippen LogP contribution in [-0.4, -0.2) is 57.7 Å². The van der Waals surface area contributed by atoms with E-state index in [0.29, 0.717) is 36.8 Å². The molecule has 0 aliphatic rings. The van der Waals surface area contributed by atoms with Gasteiger partial charge in [-0.05, 0) is 30.2 Å². The Morgan fingerprint density at radius 1 is 1.03 bits per heavy atom. The number of rotatable bonds is 12. The molecule has 11 heteroatoms. The monoisotopic (exact) mass is 478 g/mol. The molecule has 0 saturated carbocycles. The number of amides is 1. The smallest absolute Gasteiger partial charge is 0.281 e. The minimum atomic E-state index is -0.433. The number of anilines is 1. The molecule has 3 N–H and O–H groups in total. The Labute approximate surface area is 200 Å². The van der Waals surface area contributed by atoms with Gasteiger partial charge >= 0.3 is 0 Å². The molecule has 35 heavy (non-hydrogen) atoms. The van der Waals surface area contributed by atoms with Gasteiger partial charge in [0.05, 0.1) is 32.0 Å². The van der Waals surface area contributed by atoms with Crippen LogP contribution in [-0.2, 0) is 20.9 Å². The number of hydrogen-bond donors (Lipinski definition) is 3. The van der Waals surface area contributed by atoms with E-state index in [1.54, 1.807) is 18.2 Å². The van der Waals surface area contributed by atoms with Gasteiger partial charge in [-0.25, -0.2) is 4.98 Å². The Kier molecular flexibility index (Phi) is 8.15. The fourth-order valence-corrected chi connectivity index (χ4v) is 3.26. The molecular weight excluding hydrogens is 452 g/mol. The topological polar surface area (TPSA) is 144 Å². The fourth-order valence-electron chi connectivity index (χ4n) is 3.26. The van der Waals surface area contributed by atoms with Crippen LogP contribution in [0.25, 0.3) is 22.6 Å². The molecule has 0 atom stereocenters. The zero-order chi connectivity index (χ0) is 24.5. The van der Waals surface area contributed by atoms with Crippen molar-refractivity contribution in [3.63, 3.8) is 0 Å². The van der Waals surface area contributed by atoms with Crippen molar-refractivity contribution >= 4 is 22.8 Å². The second kappa shape index (κ2) is 11.9. The maximum absolute atomic E-state index is 12.4.